The molecule has 0 bridgehead atoms. The van der Waals surface area contributed by atoms with Crippen LogP contribution in [-0.2, 0) is 79.1 Å². The third-order valence-corrected chi connectivity index (χ3v) is 28.4. The summed E-state index contributed by atoms with van der Waals surface area (Å²) in [4.78, 5) is 109. The molecule has 2 rings (SSSR count). The molecule has 0 spiro atoms. The summed E-state index contributed by atoms with van der Waals surface area (Å²) in [6.45, 7) is 12.2. The van der Waals surface area contributed by atoms with E-state index in [0.29, 0.717) is 24.2 Å². The molecule has 0 aromatic heterocycles. The van der Waals surface area contributed by atoms with Crippen LogP contribution < -0.4 is 0 Å². The van der Waals surface area contributed by atoms with Crippen LogP contribution in [0.1, 0.15) is 74.1 Å². The normalized spacial score (nSPS) is 19.1. The van der Waals surface area contributed by atoms with Crippen molar-refractivity contribution in [1.29, 1.82) is 0 Å². The van der Waals surface area contributed by atoms with Crippen LogP contribution in [0.3, 0.4) is 0 Å². The van der Waals surface area contributed by atoms with Crippen LogP contribution in [0.25, 0.3) is 0 Å². The number of hydrogen-bond donors (Lipinski definition) is 0. The van der Waals surface area contributed by atoms with E-state index in [1.54, 1.807) is 20.8 Å². The molecule has 18 nitrogen and oxygen atoms in total. The van der Waals surface area contributed by atoms with Gasteiger partial charge in [0.05, 0.1) is 7.11 Å². The Bertz CT molecular complexity index is 1430. The summed E-state index contributed by atoms with van der Waals surface area (Å²) in [6.07, 6.45) is 3.11. The van der Waals surface area contributed by atoms with Gasteiger partial charge in [0.25, 0.3) is 0 Å². The topological polar surface area (TPSA) is 237 Å². The Labute approximate surface area is 351 Å². The predicted molar refractivity (Wildman–Crippen MR) is 210 cm³/mol. The van der Waals surface area contributed by atoms with E-state index in [4.69, 9.17) is 26.5 Å². The Kier molecular flexibility index (Phi) is 27.9. The van der Waals surface area contributed by atoms with Crippen molar-refractivity contribution in [3.8, 4) is 0 Å². The van der Waals surface area contributed by atoms with E-state index < -0.39 is 122 Å². The van der Waals surface area contributed by atoms with Crippen molar-refractivity contribution in [2.24, 2.45) is 29.6 Å². The molecule has 0 aromatic rings. The summed E-state index contributed by atoms with van der Waals surface area (Å²) in [5, 5.41) is 0. The van der Waals surface area contributed by atoms with Gasteiger partial charge >= 0.3 is 316 Å². The van der Waals surface area contributed by atoms with E-state index in [0.717, 1.165) is 25.3 Å². The SMILES string of the molecule is C.C=CC(=O)OC.CCC(CC(C(=O)OC)C1C(=O)[O][Sn]([CH2]C)([CH2]C)[O]C(=O)C1CC(CCC(=O)OC)C(=O)OC)C(=O)OC.C[CH2][Sn]1([CH2]C)[O]C(=O)C=CC(=O)[O]1. The summed E-state index contributed by atoms with van der Waals surface area (Å²) in [5.41, 5.74) is 0. The summed E-state index contributed by atoms with van der Waals surface area (Å²) >= 11 is -7.55. The zero-order valence-corrected chi connectivity index (χ0v) is 40.2. The van der Waals surface area contributed by atoms with Crippen molar-refractivity contribution in [2.75, 3.05) is 35.5 Å². The molecule has 2 aliphatic rings. The van der Waals surface area contributed by atoms with E-state index in [2.05, 4.69) is 16.1 Å². The predicted octanol–water partition coefficient (Wildman–Crippen LogP) is 4.42. The molecule has 58 heavy (non-hydrogen) atoms. The van der Waals surface area contributed by atoms with Gasteiger partial charge in [0.15, 0.2) is 0 Å². The van der Waals surface area contributed by atoms with Gasteiger partial charge in [-0.15, -0.1) is 0 Å². The van der Waals surface area contributed by atoms with Crippen LogP contribution >= 0.6 is 0 Å². The molecule has 2 aliphatic heterocycles. The average Bonchev–Trinajstić information content (AvgIpc) is 3.44. The number of carbonyl (C=O) groups excluding carboxylic acids is 9. The van der Waals surface area contributed by atoms with Crippen molar-refractivity contribution in [3.63, 3.8) is 0 Å². The maximum atomic E-state index is 13.7. The first-order valence-electron chi connectivity index (χ1n) is 18.5. The van der Waals surface area contributed by atoms with Crippen LogP contribution in [0.4, 0.5) is 0 Å². The Morgan fingerprint density at radius 3 is 1.50 bits per heavy atom. The van der Waals surface area contributed by atoms with Crippen LogP contribution in [0.15, 0.2) is 24.8 Å². The minimum atomic E-state index is -4.22. The van der Waals surface area contributed by atoms with Gasteiger partial charge < -0.3 is 4.74 Å². The van der Waals surface area contributed by atoms with Gasteiger partial charge in [-0.2, -0.15) is 0 Å². The number of methoxy groups -OCH3 is 5. The number of rotatable bonds is 17. The second-order valence-corrected chi connectivity index (χ2v) is 33.5. The molecule has 2 heterocycles. The van der Waals surface area contributed by atoms with Crippen molar-refractivity contribution >= 4 is 92.1 Å². The molecule has 1 saturated heterocycles. The second kappa shape index (κ2) is 28.7. The van der Waals surface area contributed by atoms with Crippen molar-refractivity contribution in [2.45, 2.75) is 91.9 Å². The molecular formula is C38H62O18Sn2. The quantitative estimate of drug-likeness (QED) is 0.0848. The van der Waals surface area contributed by atoms with E-state index in [1.165, 1.54) is 28.4 Å². The zero-order valence-electron chi connectivity index (χ0n) is 34.5. The molecule has 0 radical (unpaired) electrons. The van der Waals surface area contributed by atoms with Crippen molar-refractivity contribution < 1.29 is 79.1 Å². The first kappa shape index (κ1) is 56.4. The summed E-state index contributed by atoms with van der Waals surface area (Å²) in [7, 11) is 6.03. The van der Waals surface area contributed by atoms with Crippen molar-refractivity contribution in [1.82, 2.24) is 0 Å². The van der Waals surface area contributed by atoms with Gasteiger partial charge in [0.1, 0.15) is 0 Å². The third kappa shape index (κ3) is 17.7. The Morgan fingerprint density at radius 1 is 0.672 bits per heavy atom. The van der Waals surface area contributed by atoms with Crippen LogP contribution in [-0.4, -0.2) is 128 Å². The standard InChI is InChI=1S/C21H32O12.C4H4O4.C4H6O2.4C2H5.CH4.2Sn/c1-6-11(19(27)31-3)9-14(21(29)33-5)16(18(25)26)13(17(23)24)10-12(20(28)32-4)7-8-15(22)30-2;5-3(6)1-2-4(7)8;1-3-4(5)6-2;4*1-2;;;/h11-14,16H,6-10H2,1-5H3,(H,23,24)(H,25,26);1-2H,(H,5,6)(H,7,8);3H,1H2,2H3;4*1H2,2H3;1H4;;/q;;;;;;;;2*+2/p-4. The van der Waals surface area contributed by atoms with Crippen LogP contribution in [0.2, 0.25) is 17.7 Å². The van der Waals surface area contributed by atoms with Gasteiger partial charge in [0, 0.05) is 6.08 Å². The van der Waals surface area contributed by atoms with Gasteiger partial charge in [-0.3, -0.25) is 0 Å². The molecular weight excluding hydrogens is 982 g/mol. The fraction of sp³-hybridized carbons (Fsp3) is 0.658. The Hall–Kier alpha value is -3.69. The van der Waals surface area contributed by atoms with Gasteiger partial charge in [-0.1, -0.05) is 14.0 Å². The second-order valence-electron chi connectivity index (χ2n) is 12.7. The fourth-order valence-corrected chi connectivity index (χ4v) is 17.7. The average molecular weight is 1040 g/mol. The Morgan fingerprint density at radius 2 is 1.12 bits per heavy atom. The van der Waals surface area contributed by atoms with E-state index in [-0.39, 0.29) is 33.1 Å². The molecule has 0 saturated carbocycles. The molecule has 330 valence electrons. The molecule has 0 N–H and O–H groups in total. The first-order valence-corrected chi connectivity index (χ1v) is 31.2. The number of ether oxygens (including phenoxy) is 5. The van der Waals surface area contributed by atoms with Gasteiger partial charge in [-0.25, -0.2) is 4.79 Å². The van der Waals surface area contributed by atoms with E-state index in [1.807, 2.05) is 13.8 Å². The summed E-state index contributed by atoms with van der Waals surface area (Å²) < 4.78 is 47.8. The molecule has 5 unspecified atom stereocenters. The summed E-state index contributed by atoms with van der Waals surface area (Å²) in [6, 6.07) is 0. The third-order valence-electron chi connectivity index (χ3n) is 9.53. The minimum absolute atomic E-state index is 0. The fourth-order valence-electron chi connectivity index (χ4n) is 5.92. The zero-order chi connectivity index (χ0) is 43.9. The number of carbonyl (C=O) groups is 9. The monoisotopic (exact) mass is 1050 g/mol. The van der Waals surface area contributed by atoms with Crippen LogP contribution in [0, 0.1) is 29.6 Å². The molecule has 20 heteroatoms. The van der Waals surface area contributed by atoms with Crippen molar-refractivity contribution in [3.05, 3.63) is 24.8 Å². The molecule has 0 amide bonds. The van der Waals surface area contributed by atoms with E-state index in [9.17, 15) is 43.2 Å². The maximum absolute atomic E-state index is 13.7. The summed E-state index contributed by atoms with van der Waals surface area (Å²) in [5.74, 6) is -11.2. The Balaban J connectivity index is 0. The van der Waals surface area contributed by atoms with Crippen LogP contribution in [0.5, 0.6) is 0 Å². The molecule has 0 aliphatic carbocycles. The van der Waals surface area contributed by atoms with Gasteiger partial charge in [0.2, 0.25) is 0 Å². The first-order chi connectivity index (χ1) is 26.9. The number of hydrogen-bond acceptors (Lipinski definition) is 18. The van der Waals surface area contributed by atoms with E-state index >= 15 is 0 Å². The number of esters is 5. The molecule has 1 fully saturated rings. The molecule has 5 atom stereocenters. The van der Waals surface area contributed by atoms with Gasteiger partial charge in [-0.05, 0) is 0 Å². The molecule has 0 aromatic carbocycles.